The first kappa shape index (κ1) is 21.0. The van der Waals surface area contributed by atoms with Gasteiger partial charge in [-0.05, 0) is 65.4 Å². The number of hydrogen-bond acceptors (Lipinski definition) is 3. The van der Waals surface area contributed by atoms with Crippen molar-refractivity contribution in [2.24, 2.45) is 4.99 Å². The van der Waals surface area contributed by atoms with E-state index in [1.807, 2.05) is 47.0 Å². The van der Waals surface area contributed by atoms with Gasteiger partial charge in [-0.15, -0.1) is 0 Å². The van der Waals surface area contributed by atoms with Gasteiger partial charge >= 0.3 is 0 Å². The van der Waals surface area contributed by atoms with E-state index in [2.05, 4.69) is 68.3 Å². The Bertz CT molecular complexity index is 1600. The van der Waals surface area contributed by atoms with Crippen LogP contribution in [0.3, 0.4) is 0 Å². The third kappa shape index (κ3) is 3.70. The van der Waals surface area contributed by atoms with E-state index < -0.39 is 0 Å². The first-order valence-corrected chi connectivity index (χ1v) is 13.1. The van der Waals surface area contributed by atoms with Gasteiger partial charge in [-0.1, -0.05) is 91.7 Å². The molecule has 6 rings (SSSR count). The fourth-order valence-electron chi connectivity index (χ4n) is 4.68. The van der Waals surface area contributed by atoms with Gasteiger partial charge in [-0.3, -0.25) is 9.36 Å². The first-order chi connectivity index (χ1) is 16.1. The summed E-state index contributed by atoms with van der Waals surface area (Å²) in [5, 5.41) is 0. The molecule has 33 heavy (non-hydrogen) atoms. The largest absolute Gasteiger partial charge is 0.272 e. The van der Waals surface area contributed by atoms with Crippen molar-refractivity contribution >= 4 is 55.0 Å². The molecule has 4 aromatic rings. The van der Waals surface area contributed by atoms with Crippen molar-refractivity contribution in [2.45, 2.75) is 18.9 Å². The van der Waals surface area contributed by atoms with E-state index in [-0.39, 0.29) is 11.6 Å². The number of aromatic nitrogens is 1. The third-order valence-corrected chi connectivity index (χ3v) is 8.27. The Labute approximate surface area is 211 Å². The molecule has 1 aliphatic heterocycles. The van der Waals surface area contributed by atoms with Crippen LogP contribution in [0.15, 0.2) is 97.1 Å². The number of benzene rings is 3. The Morgan fingerprint density at radius 2 is 1.61 bits per heavy atom. The summed E-state index contributed by atoms with van der Waals surface area (Å²) in [4.78, 5) is 19.5. The predicted molar refractivity (Wildman–Crippen MR) is 141 cm³/mol. The second-order valence-electron chi connectivity index (χ2n) is 8.22. The van der Waals surface area contributed by atoms with Crippen LogP contribution in [0.1, 0.15) is 34.7 Å². The summed E-state index contributed by atoms with van der Waals surface area (Å²) >= 11 is 8.49. The third-order valence-electron chi connectivity index (χ3n) is 6.23. The maximum atomic E-state index is 13.7. The number of rotatable bonds is 2. The fourth-order valence-corrected chi connectivity index (χ4v) is 6.21. The highest BCUT2D eigenvalue weighted by Gasteiger charge is 2.32. The summed E-state index contributed by atoms with van der Waals surface area (Å²) in [7, 11) is 0. The lowest BCUT2D eigenvalue weighted by Crippen LogP contribution is -2.38. The van der Waals surface area contributed by atoms with Crippen molar-refractivity contribution in [3.8, 4) is 0 Å². The van der Waals surface area contributed by atoms with Crippen molar-refractivity contribution in [1.29, 1.82) is 0 Å². The highest BCUT2D eigenvalue weighted by molar-refractivity contribution is 9.10. The smallest absolute Gasteiger partial charge is 0.271 e. The van der Waals surface area contributed by atoms with Crippen molar-refractivity contribution in [3.63, 3.8) is 0 Å². The molecule has 6 heteroatoms. The molecular formula is C27H18Br2N2OS. The van der Waals surface area contributed by atoms with E-state index in [9.17, 15) is 4.79 Å². The Balaban J connectivity index is 1.62. The summed E-state index contributed by atoms with van der Waals surface area (Å²) in [5.41, 5.74) is 6.88. The molecule has 0 bridgehead atoms. The lowest BCUT2D eigenvalue weighted by Gasteiger charge is -2.30. The Morgan fingerprint density at radius 1 is 0.909 bits per heavy atom. The zero-order valence-electron chi connectivity index (χ0n) is 17.5. The van der Waals surface area contributed by atoms with E-state index in [1.54, 1.807) is 0 Å². The second-order valence-corrected chi connectivity index (χ2v) is 11.1. The molecule has 0 spiro atoms. The molecule has 0 saturated carbocycles. The summed E-state index contributed by atoms with van der Waals surface area (Å²) in [5.74, 6) is 0. The SMILES string of the molecule is O=c1/c(=C/c2ccc(Br)cc2)sc2n1[C@@H](c1ccc(Br)cc1)C1=C(N=2)c2ccccc2CC1. The number of halogens is 2. The average Bonchev–Trinajstić information content (AvgIpc) is 3.14. The summed E-state index contributed by atoms with van der Waals surface area (Å²) in [6, 6.07) is 24.7. The Hall–Kier alpha value is -2.54. The second kappa shape index (κ2) is 8.35. The topological polar surface area (TPSA) is 34.4 Å². The normalized spacial score (nSPS) is 17.3. The molecule has 2 aliphatic rings. The first-order valence-electron chi connectivity index (χ1n) is 10.7. The number of fused-ring (bicyclic) bond motifs is 3. The number of nitrogens with zero attached hydrogens (tertiary/aromatic N) is 2. The van der Waals surface area contributed by atoms with Gasteiger partial charge < -0.3 is 0 Å². The highest BCUT2D eigenvalue weighted by atomic mass is 79.9. The lowest BCUT2D eigenvalue weighted by molar-refractivity contribution is 0.585. The van der Waals surface area contributed by atoms with Crippen LogP contribution in [0.2, 0.25) is 0 Å². The number of hydrogen-bond donors (Lipinski definition) is 0. The maximum absolute atomic E-state index is 13.7. The van der Waals surface area contributed by atoms with Crippen LogP contribution in [-0.2, 0) is 6.42 Å². The van der Waals surface area contributed by atoms with Gasteiger partial charge in [0, 0.05) is 14.5 Å². The summed E-state index contributed by atoms with van der Waals surface area (Å²) in [6.45, 7) is 0. The van der Waals surface area contributed by atoms with E-state index in [0.717, 1.165) is 43.4 Å². The van der Waals surface area contributed by atoms with Crippen molar-refractivity contribution in [3.05, 3.63) is 129 Å². The van der Waals surface area contributed by atoms with Crippen LogP contribution in [0.5, 0.6) is 0 Å². The van der Waals surface area contributed by atoms with Gasteiger partial charge in [0.1, 0.15) is 0 Å². The highest BCUT2D eigenvalue weighted by Crippen LogP contribution is 2.41. The molecule has 3 aromatic carbocycles. The van der Waals surface area contributed by atoms with Gasteiger partial charge in [0.15, 0.2) is 4.80 Å². The molecule has 0 fully saturated rings. The van der Waals surface area contributed by atoms with Gasteiger partial charge in [-0.2, -0.15) is 0 Å². The Kier molecular flexibility index (Phi) is 5.32. The molecule has 0 radical (unpaired) electrons. The fraction of sp³-hybridized carbons (Fsp3) is 0.111. The molecule has 1 aliphatic carbocycles. The quantitative estimate of drug-likeness (QED) is 0.294. The molecule has 2 heterocycles. The minimum absolute atomic E-state index is 0.0139. The van der Waals surface area contributed by atoms with E-state index >= 15 is 0 Å². The molecule has 0 saturated heterocycles. The van der Waals surface area contributed by atoms with Crippen LogP contribution in [0.25, 0.3) is 11.8 Å². The molecule has 0 amide bonds. The van der Waals surface area contributed by atoms with Crippen molar-refractivity contribution < 1.29 is 0 Å². The van der Waals surface area contributed by atoms with Crippen LogP contribution in [0, 0.1) is 0 Å². The maximum Gasteiger partial charge on any atom is 0.271 e. The number of thiazole rings is 1. The lowest BCUT2D eigenvalue weighted by atomic mass is 9.83. The van der Waals surface area contributed by atoms with Gasteiger partial charge in [0.05, 0.1) is 16.3 Å². The molecule has 1 atom stereocenters. The van der Waals surface area contributed by atoms with Crippen molar-refractivity contribution in [2.75, 3.05) is 0 Å². The van der Waals surface area contributed by atoms with Crippen LogP contribution in [0.4, 0.5) is 0 Å². The van der Waals surface area contributed by atoms with Crippen LogP contribution < -0.4 is 14.9 Å². The minimum Gasteiger partial charge on any atom is -0.272 e. The van der Waals surface area contributed by atoms with Crippen LogP contribution in [-0.4, -0.2) is 4.57 Å². The number of aryl methyl sites for hydroxylation is 1. The molecule has 0 unspecified atom stereocenters. The predicted octanol–water partition coefficient (Wildman–Crippen LogP) is 5.84. The molecule has 162 valence electrons. The molecule has 1 aromatic heterocycles. The van der Waals surface area contributed by atoms with E-state index in [0.29, 0.717) is 4.53 Å². The van der Waals surface area contributed by atoms with Gasteiger partial charge in [-0.25, -0.2) is 4.99 Å². The standard InChI is InChI=1S/C27H18Br2N2OS/c28-19-10-5-16(6-11-19)15-23-26(32)31-25(18-7-12-20(29)13-8-18)22-14-9-17-3-1-2-4-21(17)24(22)30-27(31)33-23/h1-8,10-13,15,25H,9,14H2/b23-15-/t25-/m0/s1. The zero-order valence-corrected chi connectivity index (χ0v) is 21.5. The average molecular weight is 578 g/mol. The van der Waals surface area contributed by atoms with Crippen LogP contribution >= 0.6 is 43.2 Å². The van der Waals surface area contributed by atoms with Gasteiger partial charge in [0.25, 0.3) is 5.56 Å². The van der Waals surface area contributed by atoms with E-state index in [1.165, 1.54) is 28.0 Å². The number of allylic oxidation sites excluding steroid dienone is 1. The molecular weight excluding hydrogens is 560 g/mol. The molecule has 3 nitrogen and oxygen atoms in total. The monoisotopic (exact) mass is 576 g/mol. The Morgan fingerprint density at radius 3 is 2.36 bits per heavy atom. The van der Waals surface area contributed by atoms with Crippen molar-refractivity contribution in [1.82, 2.24) is 4.57 Å². The minimum atomic E-state index is -0.148. The molecule has 0 N–H and O–H groups in total. The van der Waals surface area contributed by atoms with Gasteiger partial charge in [0.2, 0.25) is 0 Å². The van der Waals surface area contributed by atoms with E-state index in [4.69, 9.17) is 4.99 Å². The summed E-state index contributed by atoms with van der Waals surface area (Å²) in [6.07, 6.45) is 3.82. The summed E-state index contributed by atoms with van der Waals surface area (Å²) < 4.78 is 4.64. The zero-order chi connectivity index (χ0) is 22.5.